The van der Waals surface area contributed by atoms with Crippen LogP contribution in [0.5, 0.6) is 0 Å². The number of fused-ring (bicyclic) bond motifs is 2. The van der Waals surface area contributed by atoms with Crippen LogP contribution >= 0.6 is 0 Å². The summed E-state index contributed by atoms with van der Waals surface area (Å²) in [6.07, 6.45) is 4.34. The van der Waals surface area contributed by atoms with Gasteiger partial charge in [-0.05, 0) is 121 Å². The number of aromatic nitrogens is 2. The van der Waals surface area contributed by atoms with Crippen molar-refractivity contribution in [2.75, 3.05) is 9.80 Å². The molecule has 9 rings (SSSR count). The van der Waals surface area contributed by atoms with E-state index >= 15 is 0 Å². The molecule has 4 heteroatoms. The zero-order valence-electron chi connectivity index (χ0n) is 27.4. The second kappa shape index (κ2) is 12.7. The Kier molecular flexibility index (Phi) is 7.45. The first kappa shape index (κ1) is 29.4. The second-order valence-electron chi connectivity index (χ2n) is 12.4. The van der Waals surface area contributed by atoms with Crippen LogP contribution in [0.15, 0.2) is 207 Å². The van der Waals surface area contributed by atoms with Gasteiger partial charge in [0.1, 0.15) is 0 Å². The Labute approximate surface area is 291 Å². The average molecular weight is 643 g/mol. The fraction of sp³-hybridized carbons (Fsp3) is 0. The van der Waals surface area contributed by atoms with Crippen molar-refractivity contribution in [3.8, 4) is 11.4 Å². The largest absolute Gasteiger partial charge is 0.317 e. The second-order valence-corrected chi connectivity index (χ2v) is 12.4. The summed E-state index contributed by atoms with van der Waals surface area (Å²) in [4.78, 5) is 4.58. The predicted molar refractivity (Wildman–Crippen MR) is 209 cm³/mol. The maximum atomic E-state index is 2.30. The van der Waals surface area contributed by atoms with Crippen LogP contribution in [-0.4, -0.2) is 9.13 Å². The van der Waals surface area contributed by atoms with Gasteiger partial charge in [0.25, 0.3) is 0 Å². The Bertz CT molecular complexity index is 2240. The summed E-state index contributed by atoms with van der Waals surface area (Å²) in [6, 6.07) is 68.8. The first-order valence-electron chi connectivity index (χ1n) is 16.9. The van der Waals surface area contributed by atoms with Crippen LogP contribution in [0.25, 0.3) is 33.2 Å². The fourth-order valence-electron chi connectivity index (χ4n) is 6.94. The maximum absolute atomic E-state index is 2.30. The number of hydrogen-bond acceptors (Lipinski definition) is 2. The fourth-order valence-corrected chi connectivity index (χ4v) is 6.94. The summed E-state index contributed by atoms with van der Waals surface area (Å²) in [5, 5.41) is 2.40. The molecule has 4 nitrogen and oxygen atoms in total. The minimum Gasteiger partial charge on any atom is -0.317 e. The molecular formula is C46H34N4. The van der Waals surface area contributed by atoms with Crippen LogP contribution in [0.1, 0.15) is 0 Å². The first-order chi connectivity index (χ1) is 24.8. The lowest BCUT2D eigenvalue weighted by Gasteiger charge is -2.25. The van der Waals surface area contributed by atoms with Crippen LogP contribution in [-0.2, 0) is 0 Å². The molecule has 238 valence electrons. The van der Waals surface area contributed by atoms with Gasteiger partial charge in [-0.1, -0.05) is 72.8 Å². The lowest BCUT2D eigenvalue weighted by atomic mass is 10.1. The van der Waals surface area contributed by atoms with Gasteiger partial charge in [0.05, 0.1) is 11.0 Å². The van der Waals surface area contributed by atoms with E-state index in [4.69, 9.17) is 0 Å². The number of nitrogens with zero attached hydrogens (tertiary/aromatic N) is 4. The molecule has 0 amide bonds. The van der Waals surface area contributed by atoms with Gasteiger partial charge in [0, 0.05) is 68.7 Å². The Morgan fingerprint density at radius 2 is 0.560 bits per heavy atom. The minimum atomic E-state index is 1.11. The van der Waals surface area contributed by atoms with Crippen LogP contribution in [0.2, 0.25) is 0 Å². The molecule has 0 spiro atoms. The monoisotopic (exact) mass is 642 g/mol. The SMILES string of the molecule is c1ccc(N(c2ccccc2)c2ccc(-n3ccc4cc5c(ccn5-c5ccc(N(c6ccccc6)c6ccccc6)cc5)cc43)cc2)cc1. The lowest BCUT2D eigenvalue weighted by Crippen LogP contribution is -2.09. The molecule has 0 aliphatic rings. The number of hydrogen-bond donors (Lipinski definition) is 0. The van der Waals surface area contributed by atoms with Crippen molar-refractivity contribution in [2.24, 2.45) is 0 Å². The molecule has 2 aromatic heterocycles. The summed E-state index contributed by atoms with van der Waals surface area (Å²) in [6.45, 7) is 0. The standard InChI is InChI=1S/C46H34N4/c1-5-13-39(14-6-1)49(40-15-7-2-8-16-40)43-25-21-37(22-26-43)47-31-29-35-34-46-36(33-45(35)47)30-32-48(46)38-23-27-44(28-24-38)50(41-17-9-3-10-18-41)42-19-11-4-12-20-42/h1-34H. The van der Waals surface area contributed by atoms with E-state index < -0.39 is 0 Å². The number of para-hydroxylation sites is 4. The Balaban J connectivity index is 1.03. The van der Waals surface area contributed by atoms with Crippen molar-refractivity contribution in [3.63, 3.8) is 0 Å². The van der Waals surface area contributed by atoms with Crippen LogP contribution in [0.3, 0.4) is 0 Å². The van der Waals surface area contributed by atoms with E-state index in [1.807, 2.05) is 0 Å². The molecule has 7 aromatic carbocycles. The molecule has 0 radical (unpaired) electrons. The molecule has 0 unspecified atom stereocenters. The lowest BCUT2D eigenvalue weighted by molar-refractivity contribution is 1.12. The Morgan fingerprint density at radius 1 is 0.280 bits per heavy atom. The quantitative estimate of drug-likeness (QED) is 0.164. The van der Waals surface area contributed by atoms with E-state index in [-0.39, 0.29) is 0 Å². The van der Waals surface area contributed by atoms with Crippen molar-refractivity contribution in [1.82, 2.24) is 9.13 Å². The van der Waals surface area contributed by atoms with Crippen molar-refractivity contribution in [2.45, 2.75) is 0 Å². The third-order valence-electron chi connectivity index (χ3n) is 9.33. The zero-order valence-corrected chi connectivity index (χ0v) is 27.4. The van der Waals surface area contributed by atoms with Gasteiger partial charge in [-0.15, -0.1) is 0 Å². The van der Waals surface area contributed by atoms with Crippen LogP contribution < -0.4 is 9.80 Å². The highest BCUT2D eigenvalue weighted by atomic mass is 15.1. The van der Waals surface area contributed by atoms with E-state index in [0.717, 1.165) is 45.5 Å². The van der Waals surface area contributed by atoms with Crippen molar-refractivity contribution < 1.29 is 0 Å². The molecule has 50 heavy (non-hydrogen) atoms. The first-order valence-corrected chi connectivity index (χ1v) is 16.9. The van der Waals surface area contributed by atoms with Gasteiger partial charge < -0.3 is 18.9 Å². The van der Waals surface area contributed by atoms with Gasteiger partial charge in [0.15, 0.2) is 0 Å². The van der Waals surface area contributed by atoms with Gasteiger partial charge in [-0.3, -0.25) is 0 Å². The summed E-state index contributed by atoms with van der Waals surface area (Å²) in [7, 11) is 0. The van der Waals surface area contributed by atoms with Gasteiger partial charge in [-0.2, -0.15) is 0 Å². The van der Waals surface area contributed by atoms with E-state index in [9.17, 15) is 0 Å². The molecule has 0 atom stereocenters. The average Bonchev–Trinajstić information content (AvgIpc) is 3.80. The molecule has 0 bridgehead atoms. The highest BCUT2D eigenvalue weighted by molar-refractivity contribution is 5.97. The molecular weight excluding hydrogens is 609 g/mol. The Morgan fingerprint density at radius 3 is 0.860 bits per heavy atom. The van der Waals surface area contributed by atoms with Gasteiger partial charge >= 0.3 is 0 Å². The molecule has 9 aromatic rings. The molecule has 0 N–H and O–H groups in total. The smallest absolute Gasteiger partial charge is 0.0535 e. The van der Waals surface area contributed by atoms with Crippen molar-refractivity contribution in [1.29, 1.82) is 0 Å². The topological polar surface area (TPSA) is 16.3 Å². The van der Waals surface area contributed by atoms with Gasteiger partial charge in [-0.25, -0.2) is 0 Å². The normalized spacial score (nSPS) is 11.2. The summed E-state index contributed by atoms with van der Waals surface area (Å²) >= 11 is 0. The third-order valence-corrected chi connectivity index (χ3v) is 9.33. The van der Waals surface area contributed by atoms with E-state index in [1.54, 1.807) is 0 Å². The molecule has 2 heterocycles. The van der Waals surface area contributed by atoms with Crippen LogP contribution in [0.4, 0.5) is 34.1 Å². The number of benzene rings is 7. The van der Waals surface area contributed by atoms with Gasteiger partial charge in [0.2, 0.25) is 0 Å². The molecule has 0 saturated heterocycles. The highest BCUT2D eigenvalue weighted by Gasteiger charge is 2.15. The minimum absolute atomic E-state index is 1.11. The molecule has 0 aliphatic carbocycles. The van der Waals surface area contributed by atoms with E-state index in [1.165, 1.54) is 21.8 Å². The molecule has 0 fully saturated rings. The summed E-state index contributed by atoms with van der Waals surface area (Å²) < 4.78 is 4.56. The number of anilines is 6. The zero-order chi connectivity index (χ0) is 33.3. The summed E-state index contributed by atoms with van der Waals surface area (Å²) in [5.74, 6) is 0. The van der Waals surface area contributed by atoms with Crippen molar-refractivity contribution >= 4 is 55.9 Å². The molecule has 0 aliphatic heterocycles. The molecule has 0 saturated carbocycles. The number of rotatable bonds is 8. The van der Waals surface area contributed by atoms with Crippen molar-refractivity contribution in [3.05, 3.63) is 207 Å². The van der Waals surface area contributed by atoms with E-state index in [0.29, 0.717) is 0 Å². The van der Waals surface area contributed by atoms with Crippen LogP contribution in [0, 0.1) is 0 Å². The Hall–Kier alpha value is -6.78. The summed E-state index contributed by atoms with van der Waals surface area (Å²) in [5.41, 5.74) is 11.4. The highest BCUT2D eigenvalue weighted by Crippen LogP contribution is 2.37. The third kappa shape index (κ3) is 5.39. The van der Waals surface area contributed by atoms with E-state index in [2.05, 4.69) is 225 Å². The maximum Gasteiger partial charge on any atom is 0.0535 e. The predicted octanol–water partition coefficient (Wildman–Crippen LogP) is 12.5.